The van der Waals surface area contributed by atoms with Crippen LogP contribution >= 0.6 is 0 Å². The van der Waals surface area contributed by atoms with Crippen molar-refractivity contribution in [2.75, 3.05) is 33.2 Å². The molecule has 0 saturated carbocycles. The molecule has 1 heterocycles. The standard InChI is InChI=1S/C11H24N4O/c1-3-15-6-4-5-9(15)7-14(2)8-10(12)11(13)16/h9-10H,3-8,12H2,1-2H3,(H2,13,16). The fourth-order valence-corrected chi connectivity index (χ4v) is 2.38. The third kappa shape index (κ3) is 3.73. The van der Waals surface area contributed by atoms with Crippen molar-refractivity contribution in [3.63, 3.8) is 0 Å². The Morgan fingerprint density at radius 1 is 1.62 bits per heavy atom. The molecule has 0 aromatic heterocycles. The zero-order valence-electron chi connectivity index (χ0n) is 10.4. The second-order valence-corrected chi connectivity index (χ2v) is 4.65. The molecule has 0 spiro atoms. The molecule has 2 unspecified atom stereocenters. The van der Waals surface area contributed by atoms with Gasteiger partial charge < -0.3 is 16.4 Å². The maximum Gasteiger partial charge on any atom is 0.235 e. The first-order valence-electron chi connectivity index (χ1n) is 6.02. The minimum Gasteiger partial charge on any atom is -0.368 e. The van der Waals surface area contributed by atoms with Gasteiger partial charge in [0.2, 0.25) is 5.91 Å². The van der Waals surface area contributed by atoms with E-state index in [1.165, 1.54) is 19.4 Å². The summed E-state index contributed by atoms with van der Waals surface area (Å²) in [5, 5.41) is 0. The van der Waals surface area contributed by atoms with Crippen LogP contribution in [0.15, 0.2) is 0 Å². The molecule has 1 aliphatic rings. The lowest BCUT2D eigenvalue weighted by Crippen LogP contribution is -2.47. The van der Waals surface area contributed by atoms with Gasteiger partial charge in [0.25, 0.3) is 0 Å². The Morgan fingerprint density at radius 3 is 2.88 bits per heavy atom. The van der Waals surface area contributed by atoms with Crippen LogP contribution in [0.2, 0.25) is 0 Å². The summed E-state index contributed by atoms with van der Waals surface area (Å²) in [6.45, 7) is 5.99. The first-order chi connectivity index (χ1) is 7.54. The predicted octanol–water partition coefficient (Wildman–Crippen LogP) is -0.785. The normalized spacial score (nSPS) is 23.9. The quantitative estimate of drug-likeness (QED) is 0.625. The van der Waals surface area contributed by atoms with Gasteiger partial charge in [-0.1, -0.05) is 6.92 Å². The van der Waals surface area contributed by atoms with Crippen LogP contribution in [0.3, 0.4) is 0 Å². The number of carbonyl (C=O) groups is 1. The van der Waals surface area contributed by atoms with Gasteiger partial charge in [0.1, 0.15) is 0 Å². The number of likely N-dealkylation sites (tertiary alicyclic amines) is 1. The summed E-state index contributed by atoms with van der Waals surface area (Å²) in [7, 11) is 2.00. The summed E-state index contributed by atoms with van der Waals surface area (Å²) in [6, 6.07) is 0.0524. The summed E-state index contributed by atoms with van der Waals surface area (Å²) in [5.74, 6) is -0.425. The summed E-state index contributed by atoms with van der Waals surface area (Å²) in [5.41, 5.74) is 10.8. The van der Waals surface area contributed by atoms with Crippen LogP contribution in [-0.4, -0.2) is 61.0 Å². The lowest BCUT2D eigenvalue weighted by Gasteiger charge is -2.28. The summed E-state index contributed by atoms with van der Waals surface area (Å²) < 4.78 is 0. The number of nitrogens with zero attached hydrogens (tertiary/aromatic N) is 2. The molecule has 4 N–H and O–H groups in total. The molecule has 1 fully saturated rings. The van der Waals surface area contributed by atoms with Crippen LogP contribution in [-0.2, 0) is 4.79 Å². The topological polar surface area (TPSA) is 75.6 Å². The Kier molecular flexibility index (Phi) is 5.18. The molecule has 0 bridgehead atoms. The Morgan fingerprint density at radius 2 is 2.31 bits per heavy atom. The SMILES string of the molecule is CCN1CCCC1CN(C)CC(N)C(N)=O. The highest BCUT2D eigenvalue weighted by Crippen LogP contribution is 2.17. The van der Waals surface area contributed by atoms with E-state index in [1.807, 2.05) is 7.05 Å². The van der Waals surface area contributed by atoms with Gasteiger partial charge in [0.05, 0.1) is 6.04 Å². The molecule has 1 rings (SSSR count). The fourth-order valence-electron chi connectivity index (χ4n) is 2.38. The highest BCUT2D eigenvalue weighted by molar-refractivity contribution is 5.79. The number of hydrogen-bond acceptors (Lipinski definition) is 4. The summed E-state index contributed by atoms with van der Waals surface area (Å²) in [4.78, 5) is 15.4. The molecule has 0 aromatic carbocycles. The number of primary amides is 1. The van der Waals surface area contributed by atoms with E-state index in [9.17, 15) is 4.79 Å². The Labute approximate surface area is 97.7 Å². The molecule has 5 nitrogen and oxygen atoms in total. The Hall–Kier alpha value is -0.650. The predicted molar refractivity (Wildman–Crippen MR) is 64.9 cm³/mol. The monoisotopic (exact) mass is 228 g/mol. The van der Waals surface area contributed by atoms with Crippen LogP contribution in [0.25, 0.3) is 0 Å². The molecule has 2 atom stereocenters. The summed E-state index contributed by atoms with van der Waals surface area (Å²) in [6.07, 6.45) is 2.51. The second-order valence-electron chi connectivity index (χ2n) is 4.65. The van der Waals surface area contributed by atoms with E-state index in [1.54, 1.807) is 0 Å². The van der Waals surface area contributed by atoms with E-state index in [0.717, 1.165) is 13.1 Å². The van der Waals surface area contributed by atoms with Gasteiger partial charge >= 0.3 is 0 Å². The van der Waals surface area contributed by atoms with Crippen molar-refractivity contribution >= 4 is 5.91 Å². The maximum absolute atomic E-state index is 10.9. The first-order valence-corrected chi connectivity index (χ1v) is 6.02. The molecule has 0 aromatic rings. The molecule has 1 saturated heterocycles. The smallest absolute Gasteiger partial charge is 0.235 e. The van der Waals surface area contributed by atoms with E-state index < -0.39 is 11.9 Å². The van der Waals surface area contributed by atoms with Crippen LogP contribution < -0.4 is 11.5 Å². The van der Waals surface area contributed by atoms with Crippen molar-refractivity contribution in [2.24, 2.45) is 11.5 Å². The Bertz CT molecular complexity index is 234. The number of hydrogen-bond donors (Lipinski definition) is 2. The van der Waals surface area contributed by atoms with Gasteiger partial charge in [-0.25, -0.2) is 0 Å². The van der Waals surface area contributed by atoms with Crippen molar-refractivity contribution in [1.82, 2.24) is 9.80 Å². The zero-order valence-corrected chi connectivity index (χ0v) is 10.4. The lowest BCUT2D eigenvalue weighted by atomic mass is 10.2. The highest BCUT2D eigenvalue weighted by atomic mass is 16.1. The van der Waals surface area contributed by atoms with Gasteiger partial charge in [0, 0.05) is 19.1 Å². The van der Waals surface area contributed by atoms with E-state index in [4.69, 9.17) is 11.5 Å². The zero-order chi connectivity index (χ0) is 12.1. The Balaban J connectivity index is 2.33. The molecular weight excluding hydrogens is 204 g/mol. The number of likely N-dealkylation sites (N-methyl/N-ethyl adjacent to an activating group) is 2. The maximum atomic E-state index is 10.9. The van der Waals surface area contributed by atoms with Gasteiger partial charge in [-0.05, 0) is 33.0 Å². The van der Waals surface area contributed by atoms with Gasteiger partial charge in [-0.15, -0.1) is 0 Å². The highest BCUT2D eigenvalue weighted by Gasteiger charge is 2.24. The van der Waals surface area contributed by atoms with Crippen molar-refractivity contribution in [3.8, 4) is 0 Å². The molecule has 1 aliphatic heterocycles. The van der Waals surface area contributed by atoms with Crippen molar-refractivity contribution in [2.45, 2.75) is 31.8 Å². The molecule has 5 heteroatoms. The van der Waals surface area contributed by atoms with Gasteiger partial charge in [-0.2, -0.15) is 0 Å². The van der Waals surface area contributed by atoms with E-state index >= 15 is 0 Å². The fraction of sp³-hybridized carbons (Fsp3) is 0.909. The molecule has 0 aliphatic carbocycles. The lowest BCUT2D eigenvalue weighted by molar-refractivity contribution is -0.119. The van der Waals surface area contributed by atoms with Crippen molar-refractivity contribution < 1.29 is 4.79 Å². The first kappa shape index (κ1) is 13.4. The molecule has 16 heavy (non-hydrogen) atoms. The number of nitrogens with two attached hydrogens (primary N) is 2. The summed E-state index contributed by atoms with van der Waals surface area (Å²) >= 11 is 0. The van der Waals surface area contributed by atoms with Crippen molar-refractivity contribution in [3.05, 3.63) is 0 Å². The van der Waals surface area contributed by atoms with E-state index in [-0.39, 0.29) is 0 Å². The van der Waals surface area contributed by atoms with E-state index in [0.29, 0.717) is 12.6 Å². The molecule has 94 valence electrons. The van der Waals surface area contributed by atoms with Gasteiger partial charge in [-0.3, -0.25) is 9.69 Å². The van der Waals surface area contributed by atoms with Crippen LogP contribution in [0.5, 0.6) is 0 Å². The van der Waals surface area contributed by atoms with Gasteiger partial charge in [0.15, 0.2) is 0 Å². The van der Waals surface area contributed by atoms with Crippen LogP contribution in [0.1, 0.15) is 19.8 Å². The van der Waals surface area contributed by atoms with Crippen LogP contribution in [0, 0.1) is 0 Å². The third-order valence-corrected chi connectivity index (χ3v) is 3.30. The second kappa shape index (κ2) is 6.18. The third-order valence-electron chi connectivity index (χ3n) is 3.30. The number of carbonyl (C=O) groups excluding carboxylic acids is 1. The average molecular weight is 228 g/mol. The van der Waals surface area contributed by atoms with E-state index in [2.05, 4.69) is 16.7 Å². The number of rotatable bonds is 6. The molecule has 1 amide bonds. The van der Waals surface area contributed by atoms with Crippen LogP contribution in [0.4, 0.5) is 0 Å². The number of amides is 1. The minimum absolute atomic E-state index is 0.425. The molecular formula is C11H24N4O. The minimum atomic E-state index is -0.554. The molecule has 0 radical (unpaired) electrons. The van der Waals surface area contributed by atoms with Crippen molar-refractivity contribution in [1.29, 1.82) is 0 Å². The average Bonchev–Trinajstić information content (AvgIpc) is 2.64. The largest absolute Gasteiger partial charge is 0.368 e.